The van der Waals surface area contributed by atoms with Gasteiger partial charge in [0.2, 0.25) is 0 Å². The van der Waals surface area contributed by atoms with E-state index in [4.69, 9.17) is 0 Å². The minimum atomic E-state index is 0.200. The number of nitrogens with zero attached hydrogens (tertiary/aromatic N) is 5. The zero-order valence-electron chi connectivity index (χ0n) is 14.5. The van der Waals surface area contributed by atoms with Crippen LogP contribution >= 0.6 is 0 Å². The molecule has 1 unspecified atom stereocenters. The van der Waals surface area contributed by atoms with Gasteiger partial charge in [0.05, 0.1) is 0 Å². The Balaban J connectivity index is 1.73. The molecule has 1 fully saturated rings. The summed E-state index contributed by atoms with van der Waals surface area (Å²) in [4.78, 5) is 11.2. The molecule has 1 atom stereocenters. The van der Waals surface area contributed by atoms with E-state index in [9.17, 15) is 5.11 Å². The molecule has 4 rings (SSSR count). The molecule has 0 bridgehead atoms. The van der Waals surface area contributed by atoms with Crippen molar-refractivity contribution in [1.29, 1.82) is 0 Å². The smallest absolute Gasteiger partial charge is 0.254 e. The number of hydrogen-bond acceptors (Lipinski definition) is 6. The van der Waals surface area contributed by atoms with Gasteiger partial charge in [-0.15, -0.1) is 0 Å². The number of piperazine rings is 1. The number of phenols is 1. The Morgan fingerprint density at radius 1 is 1.28 bits per heavy atom. The number of aromatic hydroxyl groups is 1. The maximum atomic E-state index is 9.52. The van der Waals surface area contributed by atoms with Gasteiger partial charge in [-0.25, -0.2) is 4.98 Å². The topological polar surface area (TPSA) is 78.6 Å². The van der Waals surface area contributed by atoms with Crippen molar-refractivity contribution >= 4 is 11.6 Å². The quantitative estimate of drug-likeness (QED) is 0.759. The molecule has 1 aliphatic rings. The van der Waals surface area contributed by atoms with Crippen LogP contribution in [0.2, 0.25) is 0 Å². The standard InChI is InChI=1S/C18H22N6O/c1-3-15-12(2)22-18-20-11-21-24(18)17(15)23-9-8-19-16(10-23)13-4-6-14(25)7-5-13/h4-7,11,16,19,25H,3,8-10H2,1-2H3. The van der Waals surface area contributed by atoms with E-state index < -0.39 is 0 Å². The van der Waals surface area contributed by atoms with Crippen LogP contribution in [0.5, 0.6) is 5.75 Å². The van der Waals surface area contributed by atoms with E-state index in [1.165, 1.54) is 11.1 Å². The highest BCUT2D eigenvalue weighted by Gasteiger charge is 2.26. The van der Waals surface area contributed by atoms with Crippen molar-refractivity contribution in [3.8, 4) is 5.75 Å². The highest BCUT2D eigenvalue weighted by atomic mass is 16.3. The third-order valence-corrected chi connectivity index (χ3v) is 4.83. The largest absolute Gasteiger partial charge is 0.508 e. The molecule has 3 aromatic rings. The first kappa shape index (κ1) is 15.8. The van der Waals surface area contributed by atoms with E-state index in [1.807, 2.05) is 23.6 Å². The molecule has 0 spiro atoms. The highest BCUT2D eigenvalue weighted by Crippen LogP contribution is 2.28. The van der Waals surface area contributed by atoms with Crippen LogP contribution in [-0.2, 0) is 6.42 Å². The van der Waals surface area contributed by atoms with Crippen LogP contribution in [0.25, 0.3) is 5.78 Å². The molecule has 7 nitrogen and oxygen atoms in total. The normalized spacial score (nSPS) is 18.0. The molecular weight excluding hydrogens is 316 g/mol. The van der Waals surface area contributed by atoms with Gasteiger partial charge in [0.15, 0.2) is 0 Å². The number of benzene rings is 1. The average Bonchev–Trinajstić information content (AvgIpc) is 3.09. The lowest BCUT2D eigenvalue weighted by Crippen LogP contribution is -2.47. The number of fused-ring (bicyclic) bond motifs is 1. The number of phenolic OH excluding ortho intramolecular Hbond substituents is 1. The summed E-state index contributed by atoms with van der Waals surface area (Å²) in [5, 5.41) is 17.5. The monoisotopic (exact) mass is 338 g/mol. The SMILES string of the molecule is CCc1c(C)nc2ncnn2c1N1CCNC(c2ccc(O)cc2)C1. The Bertz CT molecular complexity index is 888. The van der Waals surface area contributed by atoms with Crippen LogP contribution in [-0.4, -0.2) is 44.3 Å². The van der Waals surface area contributed by atoms with Crippen molar-refractivity contribution < 1.29 is 5.11 Å². The maximum absolute atomic E-state index is 9.52. The van der Waals surface area contributed by atoms with Crippen molar-refractivity contribution in [2.45, 2.75) is 26.3 Å². The van der Waals surface area contributed by atoms with Gasteiger partial charge in [-0.3, -0.25) is 0 Å². The minimum Gasteiger partial charge on any atom is -0.508 e. The second kappa shape index (κ2) is 6.33. The van der Waals surface area contributed by atoms with Crippen LogP contribution in [0.1, 0.15) is 29.8 Å². The predicted molar refractivity (Wildman–Crippen MR) is 96.0 cm³/mol. The lowest BCUT2D eigenvalue weighted by atomic mass is 10.0. The zero-order chi connectivity index (χ0) is 17.4. The molecule has 3 heterocycles. The molecule has 0 saturated carbocycles. The Kier molecular flexibility index (Phi) is 4.01. The first-order valence-electron chi connectivity index (χ1n) is 8.64. The van der Waals surface area contributed by atoms with Crippen LogP contribution in [0.15, 0.2) is 30.6 Å². The maximum Gasteiger partial charge on any atom is 0.254 e. The van der Waals surface area contributed by atoms with Gasteiger partial charge in [0.25, 0.3) is 5.78 Å². The summed E-state index contributed by atoms with van der Waals surface area (Å²) in [6.45, 7) is 6.80. The number of aryl methyl sites for hydroxylation is 1. The fourth-order valence-electron chi connectivity index (χ4n) is 3.58. The molecule has 0 aliphatic carbocycles. The summed E-state index contributed by atoms with van der Waals surface area (Å²) >= 11 is 0. The first-order chi connectivity index (χ1) is 12.2. The van der Waals surface area contributed by atoms with E-state index in [1.54, 1.807) is 18.5 Å². The van der Waals surface area contributed by atoms with Crippen LogP contribution in [0.4, 0.5) is 5.82 Å². The first-order valence-corrected chi connectivity index (χ1v) is 8.64. The van der Waals surface area contributed by atoms with E-state index in [0.29, 0.717) is 11.5 Å². The highest BCUT2D eigenvalue weighted by molar-refractivity contribution is 5.55. The fraction of sp³-hybridized carbons (Fsp3) is 0.389. The molecule has 1 aliphatic heterocycles. The third-order valence-electron chi connectivity index (χ3n) is 4.83. The van der Waals surface area contributed by atoms with E-state index in [-0.39, 0.29) is 6.04 Å². The van der Waals surface area contributed by atoms with Crippen molar-refractivity contribution in [2.24, 2.45) is 0 Å². The molecule has 25 heavy (non-hydrogen) atoms. The molecule has 0 radical (unpaired) electrons. The van der Waals surface area contributed by atoms with Crippen LogP contribution in [0.3, 0.4) is 0 Å². The number of anilines is 1. The predicted octanol–water partition coefficient (Wildman–Crippen LogP) is 1.85. The van der Waals surface area contributed by atoms with Crippen molar-refractivity contribution in [3.63, 3.8) is 0 Å². The minimum absolute atomic E-state index is 0.200. The molecule has 1 saturated heterocycles. The van der Waals surface area contributed by atoms with Crippen molar-refractivity contribution in [2.75, 3.05) is 24.5 Å². The van der Waals surface area contributed by atoms with Gasteiger partial charge >= 0.3 is 0 Å². The average molecular weight is 338 g/mol. The second-order valence-corrected chi connectivity index (χ2v) is 6.37. The van der Waals surface area contributed by atoms with Crippen LogP contribution < -0.4 is 10.2 Å². The van der Waals surface area contributed by atoms with Gasteiger partial charge in [-0.1, -0.05) is 19.1 Å². The molecule has 2 aromatic heterocycles. The summed E-state index contributed by atoms with van der Waals surface area (Å²) in [7, 11) is 0. The number of rotatable bonds is 3. The van der Waals surface area contributed by atoms with Crippen LogP contribution in [0, 0.1) is 6.92 Å². The molecule has 7 heteroatoms. The van der Waals surface area contributed by atoms with E-state index >= 15 is 0 Å². The molecular formula is C18H22N6O. The van der Waals surface area contributed by atoms with Gasteiger partial charge in [-0.2, -0.15) is 14.6 Å². The molecule has 130 valence electrons. The number of nitrogens with one attached hydrogen (secondary N) is 1. The Hall–Kier alpha value is -2.67. The fourth-order valence-corrected chi connectivity index (χ4v) is 3.58. The summed E-state index contributed by atoms with van der Waals surface area (Å²) in [6, 6.07) is 7.62. The summed E-state index contributed by atoms with van der Waals surface area (Å²) in [6.07, 6.45) is 2.46. The van der Waals surface area contributed by atoms with Crippen molar-refractivity contribution in [1.82, 2.24) is 24.9 Å². The number of aromatic nitrogens is 4. The lowest BCUT2D eigenvalue weighted by Gasteiger charge is -2.36. The van der Waals surface area contributed by atoms with E-state index in [2.05, 4.69) is 32.2 Å². The van der Waals surface area contributed by atoms with E-state index in [0.717, 1.165) is 37.6 Å². The van der Waals surface area contributed by atoms with Gasteiger partial charge in [-0.05, 0) is 31.0 Å². The Labute approximate surface area is 146 Å². The van der Waals surface area contributed by atoms with Gasteiger partial charge < -0.3 is 15.3 Å². The van der Waals surface area contributed by atoms with Gasteiger partial charge in [0, 0.05) is 36.9 Å². The Morgan fingerprint density at radius 2 is 2.08 bits per heavy atom. The Morgan fingerprint density at radius 3 is 2.84 bits per heavy atom. The third kappa shape index (κ3) is 2.80. The number of hydrogen-bond donors (Lipinski definition) is 2. The molecule has 2 N–H and O–H groups in total. The second-order valence-electron chi connectivity index (χ2n) is 6.37. The van der Waals surface area contributed by atoms with Gasteiger partial charge in [0.1, 0.15) is 17.9 Å². The zero-order valence-corrected chi connectivity index (χ0v) is 14.5. The van der Waals surface area contributed by atoms with Crippen molar-refractivity contribution in [3.05, 3.63) is 47.4 Å². The molecule has 0 amide bonds. The summed E-state index contributed by atoms with van der Waals surface area (Å²) in [5.74, 6) is 2.02. The summed E-state index contributed by atoms with van der Waals surface area (Å²) in [5.41, 5.74) is 3.39. The lowest BCUT2D eigenvalue weighted by molar-refractivity contribution is 0.461. The molecule has 1 aromatic carbocycles. The summed E-state index contributed by atoms with van der Waals surface area (Å²) < 4.78 is 1.85.